The molecule has 0 unspecified atom stereocenters. The molecule has 0 amide bonds. The third kappa shape index (κ3) is 1.34. The van der Waals surface area contributed by atoms with Crippen molar-refractivity contribution in [2.75, 3.05) is 0 Å². The maximum absolute atomic E-state index is 4.69. The van der Waals surface area contributed by atoms with Crippen LogP contribution in [0.25, 0.3) is 22.1 Å². The predicted octanol–water partition coefficient (Wildman–Crippen LogP) is 3.35. The maximum atomic E-state index is 4.69. The molecule has 0 bridgehead atoms. The SMILES string of the molecule is CCc1cccc2nc3ccccc3nc12. The summed E-state index contributed by atoms with van der Waals surface area (Å²) in [5.74, 6) is 0. The van der Waals surface area contributed by atoms with Gasteiger partial charge in [0.1, 0.15) is 0 Å². The Kier molecular flexibility index (Phi) is 2.07. The van der Waals surface area contributed by atoms with Crippen LogP contribution in [0.5, 0.6) is 0 Å². The summed E-state index contributed by atoms with van der Waals surface area (Å²) in [5.41, 5.74) is 5.21. The van der Waals surface area contributed by atoms with Gasteiger partial charge in [-0.1, -0.05) is 31.2 Å². The summed E-state index contributed by atoms with van der Waals surface area (Å²) in [6.07, 6.45) is 0.990. The van der Waals surface area contributed by atoms with Crippen LogP contribution in [-0.2, 0) is 6.42 Å². The van der Waals surface area contributed by atoms with Gasteiger partial charge in [-0.05, 0) is 30.2 Å². The second-order valence-electron chi connectivity index (χ2n) is 3.85. The molecule has 0 aliphatic rings. The van der Waals surface area contributed by atoms with E-state index < -0.39 is 0 Å². The lowest BCUT2D eigenvalue weighted by Crippen LogP contribution is -1.91. The Hall–Kier alpha value is -1.96. The van der Waals surface area contributed by atoms with Crippen LogP contribution in [0, 0.1) is 0 Å². The third-order valence-corrected chi connectivity index (χ3v) is 2.83. The third-order valence-electron chi connectivity index (χ3n) is 2.83. The molecule has 0 radical (unpaired) electrons. The van der Waals surface area contributed by atoms with Crippen molar-refractivity contribution < 1.29 is 0 Å². The summed E-state index contributed by atoms with van der Waals surface area (Å²) in [4.78, 5) is 9.31. The largest absolute Gasteiger partial charge is 0.244 e. The number of rotatable bonds is 1. The van der Waals surface area contributed by atoms with E-state index in [1.165, 1.54) is 5.56 Å². The fraction of sp³-hybridized carbons (Fsp3) is 0.143. The van der Waals surface area contributed by atoms with Gasteiger partial charge < -0.3 is 0 Å². The molecule has 0 saturated heterocycles. The van der Waals surface area contributed by atoms with Gasteiger partial charge in [0.15, 0.2) is 0 Å². The van der Waals surface area contributed by atoms with Gasteiger partial charge in [-0.15, -0.1) is 0 Å². The van der Waals surface area contributed by atoms with Crippen molar-refractivity contribution in [1.29, 1.82) is 0 Å². The Balaban J connectivity index is 2.46. The van der Waals surface area contributed by atoms with Crippen molar-refractivity contribution in [1.82, 2.24) is 9.97 Å². The molecule has 0 N–H and O–H groups in total. The second kappa shape index (κ2) is 3.56. The number of para-hydroxylation sites is 3. The fourth-order valence-corrected chi connectivity index (χ4v) is 1.99. The Bertz CT molecular complexity index is 659. The van der Waals surface area contributed by atoms with Crippen molar-refractivity contribution in [2.45, 2.75) is 13.3 Å². The molecule has 2 heteroatoms. The zero-order chi connectivity index (χ0) is 11.0. The van der Waals surface area contributed by atoms with Gasteiger partial charge in [0.25, 0.3) is 0 Å². The van der Waals surface area contributed by atoms with E-state index in [0.717, 1.165) is 28.5 Å². The van der Waals surface area contributed by atoms with Crippen LogP contribution in [0.1, 0.15) is 12.5 Å². The van der Waals surface area contributed by atoms with Gasteiger partial charge in [0.05, 0.1) is 22.1 Å². The molecule has 0 aliphatic carbocycles. The highest BCUT2D eigenvalue weighted by atomic mass is 14.8. The number of hydrogen-bond donors (Lipinski definition) is 0. The van der Waals surface area contributed by atoms with Crippen molar-refractivity contribution in [3.05, 3.63) is 48.0 Å². The highest BCUT2D eigenvalue weighted by Gasteiger charge is 2.03. The van der Waals surface area contributed by atoms with Crippen LogP contribution in [-0.4, -0.2) is 9.97 Å². The first-order valence-electron chi connectivity index (χ1n) is 5.53. The first kappa shape index (κ1) is 9.28. The Morgan fingerprint density at radius 1 is 0.812 bits per heavy atom. The van der Waals surface area contributed by atoms with Crippen LogP contribution in [0.3, 0.4) is 0 Å². The summed E-state index contributed by atoms with van der Waals surface area (Å²) < 4.78 is 0. The van der Waals surface area contributed by atoms with Crippen molar-refractivity contribution in [3.63, 3.8) is 0 Å². The van der Waals surface area contributed by atoms with E-state index in [4.69, 9.17) is 0 Å². The van der Waals surface area contributed by atoms with Crippen LogP contribution in [0.2, 0.25) is 0 Å². The molecule has 1 aromatic heterocycles. The van der Waals surface area contributed by atoms with E-state index in [9.17, 15) is 0 Å². The minimum atomic E-state index is 0.961. The summed E-state index contributed by atoms with van der Waals surface area (Å²) in [6.45, 7) is 2.14. The normalized spacial score (nSPS) is 11.1. The minimum absolute atomic E-state index is 0.961. The summed E-state index contributed by atoms with van der Waals surface area (Å²) >= 11 is 0. The van der Waals surface area contributed by atoms with E-state index in [2.05, 4.69) is 23.0 Å². The second-order valence-corrected chi connectivity index (χ2v) is 3.85. The number of benzene rings is 2. The Labute approximate surface area is 94.0 Å². The smallest absolute Gasteiger partial charge is 0.0926 e. The number of nitrogens with zero attached hydrogens (tertiary/aromatic N) is 2. The molecule has 2 aromatic carbocycles. The predicted molar refractivity (Wildman–Crippen MR) is 66.4 cm³/mol. The number of hydrogen-bond acceptors (Lipinski definition) is 2. The lowest BCUT2D eigenvalue weighted by Gasteiger charge is -2.04. The molecule has 0 spiro atoms. The zero-order valence-corrected chi connectivity index (χ0v) is 9.14. The molecule has 1 heterocycles. The molecule has 0 aliphatic heterocycles. The van der Waals surface area contributed by atoms with E-state index in [0.29, 0.717) is 0 Å². The summed E-state index contributed by atoms with van der Waals surface area (Å²) in [5, 5.41) is 0. The van der Waals surface area contributed by atoms with Crippen molar-refractivity contribution >= 4 is 22.1 Å². The first-order chi connectivity index (χ1) is 7.88. The Morgan fingerprint density at radius 2 is 1.50 bits per heavy atom. The standard InChI is InChI=1S/C14H12N2/c1-2-10-6-5-9-13-14(10)16-12-8-4-3-7-11(12)15-13/h3-9H,2H2,1H3. The highest BCUT2D eigenvalue weighted by molar-refractivity contribution is 5.87. The van der Waals surface area contributed by atoms with Crippen LogP contribution >= 0.6 is 0 Å². The molecule has 0 atom stereocenters. The van der Waals surface area contributed by atoms with E-state index in [1.807, 2.05) is 36.4 Å². The van der Waals surface area contributed by atoms with Crippen LogP contribution in [0.4, 0.5) is 0 Å². The zero-order valence-electron chi connectivity index (χ0n) is 9.14. The summed E-state index contributed by atoms with van der Waals surface area (Å²) in [7, 11) is 0. The molecule has 78 valence electrons. The van der Waals surface area contributed by atoms with Crippen LogP contribution in [0.15, 0.2) is 42.5 Å². The lowest BCUT2D eigenvalue weighted by molar-refractivity contribution is 1.14. The van der Waals surface area contributed by atoms with Gasteiger partial charge in [-0.3, -0.25) is 0 Å². The molecule has 2 nitrogen and oxygen atoms in total. The van der Waals surface area contributed by atoms with Crippen molar-refractivity contribution in [2.24, 2.45) is 0 Å². The van der Waals surface area contributed by atoms with Gasteiger partial charge in [0, 0.05) is 0 Å². The quantitative estimate of drug-likeness (QED) is 0.573. The first-order valence-corrected chi connectivity index (χ1v) is 5.53. The molecular weight excluding hydrogens is 196 g/mol. The van der Waals surface area contributed by atoms with Crippen LogP contribution < -0.4 is 0 Å². The van der Waals surface area contributed by atoms with Gasteiger partial charge in [0.2, 0.25) is 0 Å². The minimum Gasteiger partial charge on any atom is -0.244 e. The van der Waals surface area contributed by atoms with Gasteiger partial charge >= 0.3 is 0 Å². The molecule has 0 fully saturated rings. The molecule has 3 aromatic rings. The van der Waals surface area contributed by atoms with E-state index in [-0.39, 0.29) is 0 Å². The number of aromatic nitrogens is 2. The van der Waals surface area contributed by atoms with E-state index in [1.54, 1.807) is 0 Å². The average Bonchev–Trinajstić information content (AvgIpc) is 2.35. The molecule has 0 saturated carbocycles. The lowest BCUT2D eigenvalue weighted by atomic mass is 10.1. The van der Waals surface area contributed by atoms with Crippen molar-refractivity contribution in [3.8, 4) is 0 Å². The summed E-state index contributed by atoms with van der Waals surface area (Å²) in [6, 6.07) is 14.2. The number of aryl methyl sites for hydroxylation is 1. The molecule has 3 rings (SSSR count). The maximum Gasteiger partial charge on any atom is 0.0926 e. The molecule has 16 heavy (non-hydrogen) atoms. The number of fused-ring (bicyclic) bond motifs is 2. The van der Waals surface area contributed by atoms with Gasteiger partial charge in [-0.25, -0.2) is 9.97 Å². The topological polar surface area (TPSA) is 25.8 Å². The van der Waals surface area contributed by atoms with E-state index >= 15 is 0 Å². The molecular formula is C14H12N2. The highest BCUT2D eigenvalue weighted by Crippen LogP contribution is 2.19. The van der Waals surface area contributed by atoms with Gasteiger partial charge in [-0.2, -0.15) is 0 Å². The average molecular weight is 208 g/mol. The monoisotopic (exact) mass is 208 g/mol. The fourth-order valence-electron chi connectivity index (χ4n) is 1.99. The Morgan fingerprint density at radius 3 is 2.25 bits per heavy atom.